The molecule has 0 bridgehead atoms. The largest absolute Gasteiger partial charge is 0.417 e. The molecule has 0 atom stereocenters. The summed E-state index contributed by atoms with van der Waals surface area (Å²) in [6.45, 7) is -1.03. The molecule has 0 fully saturated rings. The van der Waals surface area contributed by atoms with E-state index in [2.05, 4.69) is 27.2 Å². The number of nitrogen functional groups attached to an aromatic ring is 1. The number of hydrogen-bond donors (Lipinski definition) is 2. The summed E-state index contributed by atoms with van der Waals surface area (Å²) >= 11 is 5.63. The highest BCUT2D eigenvalue weighted by atomic mass is 35.5. The zero-order chi connectivity index (χ0) is 27.6. The molecule has 2 heterocycles. The van der Waals surface area contributed by atoms with E-state index < -0.39 is 29.2 Å². The first kappa shape index (κ1) is 26.6. The summed E-state index contributed by atoms with van der Waals surface area (Å²) < 4.78 is 65.6. The summed E-state index contributed by atoms with van der Waals surface area (Å²) in [4.78, 5) is 16.8. The first-order valence-corrected chi connectivity index (χ1v) is 11.2. The van der Waals surface area contributed by atoms with Gasteiger partial charge in [0.25, 0.3) is 5.91 Å². The number of halogens is 6. The van der Waals surface area contributed by atoms with Crippen LogP contribution in [0.5, 0.6) is 0 Å². The van der Waals surface area contributed by atoms with Crippen molar-refractivity contribution in [1.29, 1.82) is 0 Å². The van der Waals surface area contributed by atoms with Gasteiger partial charge in [-0.25, -0.2) is 9.67 Å². The number of nitrogens with two attached hydrogens (primary N) is 1. The third-order valence-corrected chi connectivity index (χ3v) is 5.74. The third-order valence-electron chi connectivity index (χ3n) is 5.41. The second kappa shape index (κ2) is 10.5. The van der Waals surface area contributed by atoms with Gasteiger partial charge < -0.3 is 11.1 Å². The van der Waals surface area contributed by atoms with Crippen molar-refractivity contribution >= 4 is 29.0 Å². The molecule has 1 amide bonds. The fraction of sp³-hybridized carbons (Fsp3) is 0.115. The molecule has 0 spiro atoms. The van der Waals surface area contributed by atoms with E-state index in [1.54, 1.807) is 19.1 Å². The Hall–Kier alpha value is -4.43. The molecule has 2 aromatic carbocycles. The Morgan fingerprint density at radius 2 is 1.79 bits per heavy atom. The Labute approximate surface area is 218 Å². The van der Waals surface area contributed by atoms with Crippen molar-refractivity contribution in [1.82, 2.24) is 14.8 Å². The van der Waals surface area contributed by atoms with E-state index in [9.17, 15) is 26.7 Å². The minimum absolute atomic E-state index is 0.0780. The maximum Gasteiger partial charge on any atom is 0.417 e. The van der Waals surface area contributed by atoms with Crippen molar-refractivity contribution in [2.24, 2.45) is 0 Å². The van der Waals surface area contributed by atoms with Crippen LogP contribution in [0.1, 0.15) is 39.2 Å². The van der Waals surface area contributed by atoms with Gasteiger partial charge in [0.1, 0.15) is 5.82 Å². The number of nitrogens with zero attached hydrogens (tertiary/aromatic N) is 3. The molecule has 0 saturated heterocycles. The van der Waals surface area contributed by atoms with Crippen LogP contribution in [0.4, 0.5) is 33.5 Å². The second-order valence-corrected chi connectivity index (χ2v) is 8.48. The standard InChI is InChI=1S/C26H17ClF5N5O/c1-14-2-3-17(24(38)36-20-6-7-22(27)21(10-20)26(30,31)32)8-15(14)4-5-16-9-18(11-34-23(16)33)19-12-35-37(13-19)25(28)29/h2-3,6-13,25H,1H3,(H2,33,34)(H,36,38). The van der Waals surface area contributed by atoms with Gasteiger partial charge in [-0.2, -0.15) is 27.1 Å². The van der Waals surface area contributed by atoms with Crippen molar-refractivity contribution in [3.63, 3.8) is 0 Å². The summed E-state index contributed by atoms with van der Waals surface area (Å²) in [6, 6.07) is 9.27. The second-order valence-electron chi connectivity index (χ2n) is 8.07. The third kappa shape index (κ3) is 5.92. The highest BCUT2D eigenvalue weighted by Gasteiger charge is 2.33. The molecular weight excluding hydrogens is 529 g/mol. The highest BCUT2D eigenvalue weighted by molar-refractivity contribution is 6.31. The zero-order valence-corrected chi connectivity index (χ0v) is 20.2. The molecule has 0 radical (unpaired) electrons. The maximum absolute atomic E-state index is 13.1. The Bertz CT molecular complexity index is 1590. The van der Waals surface area contributed by atoms with E-state index in [0.717, 1.165) is 17.7 Å². The topological polar surface area (TPSA) is 85.8 Å². The predicted molar refractivity (Wildman–Crippen MR) is 133 cm³/mol. The van der Waals surface area contributed by atoms with Crippen molar-refractivity contribution < 1.29 is 26.7 Å². The lowest BCUT2D eigenvalue weighted by atomic mass is 10.0. The molecule has 0 unspecified atom stereocenters. The molecule has 0 aliphatic carbocycles. The van der Waals surface area contributed by atoms with Gasteiger partial charge in [-0.05, 0) is 48.9 Å². The van der Waals surface area contributed by atoms with E-state index in [4.69, 9.17) is 17.3 Å². The molecule has 38 heavy (non-hydrogen) atoms. The molecule has 6 nitrogen and oxygen atoms in total. The average molecular weight is 546 g/mol. The monoisotopic (exact) mass is 545 g/mol. The summed E-state index contributed by atoms with van der Waals surface area (Å²) in [6.07, 6.45) is -0.840. The van der Waals surface area contributed by atoms with Crippen molar-refractivity contribution in [3.05, 3.63) is 93.9 Å². The molecular formula is C26H17ClF5N5O. The van der Waals surface area contributed by atoms with Gasteiger partial charge >= 0.3 is 12.7 Å². The van der Waals surface area contributed by atoms with Crippen LogP contribution in [0.15, 0.2) is 61.1 Å². The molecule has 4 aromatic rings. The van der Waals surface area contributed by atoms with Crippen LogP contribution >= 0.6 is 11.6 Å². The number of pyridine rings is 1. The molecule has 2 aromatic heterocycles. The molecule has 194 valence electrons. The number of hydrogen-bond acceptors (Lipinski definition) is 4. The lowest BCUT2D eigenvalue weighted by Gasteiger charge is -2.12. The van der Waals surface area contributed by atoms with Crippen molar-refractivity contribution in [2.45, 2.75) is 19.6 Å². The van der Waals surface area contributed by atoms with E-state index in [0.29, 0.717) is 26.9 Å². The number of aryl methyl sites for hydroxylation is 1. The van der Waals surface area contributed by atoms with Gasteiger partial charge in [0.15, 0.2) is 0 Å². The lowest BCUT2D eigenvalue weighted by Crippen LogP contribution is -2.14. The summed E-state index contributed by atoms with van der Waals surface area (Å²) in [5.41, 5.74) is 7.31. The first-order valence-electron chi connectivity index (χ1n) is 10.8. The maximum atomic E-state index is 13.1. The van der Waals surface area contributed by atoms with Gasteiger partial charge in [0.2, 0.25) is 0 Å². The van der Waals surface area contributed by atoms with E-state index in [1.807, 2.05) is 0 Å². The summed E-state index contributed by atoms with van der Waals surface area (Å²) in [7, 11) is 0. The van der Waals surface area contributed by atoms with Gasteiger partial charge in [-0.3, -0.25) is 4.79 Å². The normalized spacial score (nSPS) is 11.3. The number of anilines is 2. The van der Waals surface area contributed by atoms with Crippen molar-refractivity contribution in [2.75, 3.05) is 11.1 Å². The lowest BCUT2D eigenvalue weighted by molar-refractivity contribution is -0.137. The van der Waals surface area contributed by atoms with E-state index >= 15 is 0 Å². The molecule has 12 heteroatoms. The van der Waals surface area contributed by atoms with Crippen LogP contribution in [-0.2, 0) is 6.18 Å². The fourth-order valence-corrected chi connectivity index (χ4v) is 3.61. The first-order chi connectivity index (χ1) is 17.9. The Morgan fingerprint density at radius 1 is 1.05 bits per heavy atom. The molecule has 4 rings (SSSR count). The quantitative estimate of drug-likeness (QED) is 0.225. The predicted octanol–water partition coefficient (Wildman–Crippen LogP) is 6.56. The summed E-state index contributed by atoms with van der Waals surface area (Å²) in [5, 5.41) is 5.54. The number of rotatable bonds is 4. The number of benzene rings is 2. The number of amides is 1. The van der Waals surface area contributed by atoms with Crippen molar-refractivity contribution in [3.8, 4) is 23.0 Å². The number of aromatic nitrogens is 3. The zero-order valence-electron chi connectivity index (χ0n) is 19.4. The number of nitrogens with one attached hydrogen (secondary N) is 1. The number of carbonyl (C=O) groups excluding carboxylic acids is 1. The minimum atomic E-state index is -4.68. The van der Waals surface area contributed by atoms with Crippen LogP contribution < -0.4 is 11.1 Å². The summed E-state index contributed by atoms with van der Waals surface area (Å²) in [5.74, 6) is 5.24. The SMILES string of the molecule is Cc1ccc(C(=O)Nc2ccc(Cl)c(C(F)(F)F)c2)cc1C#Cc1cc(-c2cnn(C(F)F)c2)cnc1N. The minimum Gasteiger partial charge on any atom is -0.383 e. The fourth-order valence-electron chi connectivity index (χ4n) is 3.38. The van der Waals surface area contributed by atoms with E-state index in [1.165, 1.54) is 36.8 Å². The molecule has 0 saturated carbocycles. The van der Waals surface area contributed by atoms with E-state index in [-0.39, 0.29) is 17.1 Å². The van der Waals surface area contributed by atoms with Gasteiger partial charge in [-0.1, -0.05) is 29.5 Å². The highest BCUT2D eigenvalue weighted by Crippen LogP contribution is 2.36. The Balaban J connectivity index is 1.59. The smallest absolute Gasteiger partial charge is 0.383 e. The molecule has 0 aliphatic heterocycles. The number of carbonyl (C=O) groups is 1. The van der Waals surface area contributed by atoms with Gasteiger partial charge in [0.05, 0.1) is 22.3 Å². The van der Waals surface area contributed by atoms with Gasteiger partial charge in [-0.15, -0.1) is 0 Å². The van der Waals surface area contributed by atoms with Crippen LogP contribution in [0.3, 0.4) is 0 Å². The molecule has 0 aliphatic rings. The number of alkyl halides is 5. The van der Waals surface area contributed by atoms with Gasteiger partial charge in [0, 0.05) is 40.3 Å². The Kier molecular flexibility index (Phi) is 7.37. The molecule has 3 N–H and O–H groups in total. The van der Waals surface area contributed by atoms with Crippen LogP contribution in [0.25, 0.3) is 11.1 Å². The Morgan fingerprint density at radius 3 is 2.47 bits per heavy atom. The average Bonchev–Trinajstić information content (AvgIpc) is 3.35. The van der Waals surface area contributed by atoms with Crippen LogP contribution in [0, 0.1) is 18.8 Å². The van der Waals surface area contributed by atoms with Crippen LogP contribution in [0.2, 0.25) is 5.02 Å². The van der Waals surface area contributed by atoms with Crippen LogP contribution in [-0.4, -0.2) is 20.7 Å².